The molecular weight excluding hydrogens is 502 g/mol. The average molecular weight is 533 g/mol. The molecule has 0 bridgehead atoms. The molecule has 8 nitrogen and oxygen atoms in total. The molecule has 0 saturated carbocycles. The molecule has 0 unspecified atom stereocenters. The summed E-state index contributed by atoms with van der Waals surface area (Å²) in [7, 11) is 1.87. The maximum Gasteiger partial charge on any atom is 0.389 e. The highest BCUT2D eigenvalue weighted by atomic mass is 127. The molecular formula is C17H31F3IN7O. The molecule has 0 radical (unpaired) electrons. The van der Waals surface area contributed by atoms with Gasteiger partial charge >= 0.3 is 6.18 Å². The number of halogens is 4. The van der Waals surface area contributed by atoms with Gasteiger partial charge in [0.05, 0.1) is 13.2 Å². The van der Waals surface area contributed by atoms with Gasteiger partial charge in [-0.25, -0.2) is 4.99 Å². The lowest BCUT2D eigenvalue weighted by atomic mass is 10.2. The summed E-state index contributed by atoms with van der Waals surface area (Å²) in [6, 6.07) is 0. The third-order valence-corrected chi connectivity index (χ3v) is 4.56. The van der Waals surface area contributed by atoms with E-state index in [9.17, 15) is 13.2 Å². The predicted molar refractivity (Wildman–Crippen MR) is 115 cm³/mol. The van der Waals surface area contributed by atoms with E-state index in [-0.39, 0.29) is 30.4 Å². The molecule has 0 spiro atoms. The van der Waals surface area contributed by atoms with Gasteiger partial charge in [-0.05, 0) is 19.8 Å². The van der Waals surface area contributed by atoms with Gasteiger partial charge in [0.2, 0.25) is 0 Å². The van der Waals surface area contributed by atoms with E-state index in [2.05, 4.69) is 30.7 Å². The fourth-order valence-electron chi connectivity index (χ4n) is 2.73. The van der Waals surface area contributed by atoms with E-state index >= 15 is 0 Å². The first-order chi connectivity index (χ1) is 13.3. The van der Waals surface area contributed by atoms with Crippen LogP contribution in [0.5, 0.6) is 0 Å². The molecule has 1 aliphatic heterocycles. The summed E-state index contributed by atoms with van der Waals surface area (Å²) >= 11 is 0. The Bertz CT molecular complexity index is 619. The number of ether oxygens (including phenoxy) is 1. The molecule has 2 N–H and O–H groups in total. The fraction of sp³-hybridized carbons (Fsp3) is 0.824. The standard InChI is InChI=1S/C17H30F3N7O.HI/c1-14-24-25-15(26(14)2)13-23-16(21-6-4-3-5-17(18,19)20)22-7-8-27-9-11-28-12-10-27;/h3-13H2,1-2H3,(H2,21,22,23);1H. The quantitative estimate of drug-likeness (QED) is 0.219. The summed E-state index contributed by atoms with van der Waals surface area (Å²) in [6.45, 7) is 7.44. The van der Waals surface area contributed by atoms with Gasteiger partial charge in [-0.1, -0.05) is 0 Å². The number of unbranched alkanes of at least 4 members (excludes halogenated alkanes) is 1. The van der Waals surface area contributed by atoms with Gasteiger partial charge in [-0.2, -0.15) is 13.2 Å². The number of alkyl halides is 3. The van der Waals surface area contributed by atoms with Gasteiger partial charge in [0.1, 0.15) is 12.4 Å². The zero-order valence-corrected chi connectivity index (χ0v) is 19.3. The Morgan fingerprint density at radius 1 is 1.14 bits per heavy atom. The molecule has 1 fully saturated rings. The van der Waals surface area contributed by atoms with Crippen molar-refractivity contribution in [3.05, 3.63) is 11.6 Å². The van der Waals surface area contributed by atoms with Crippen molar-refractivity contribution in [2.24, 2.45) is 12.0 Å². The Balaban J connectivity index is 0.00000420. The van der Waals surface area contributed by atoms with E-state index < -0.39 is 12.6 Å². The van der Waals surface area contributed by atoms with Gasteiger partial charge < -0.3 is 19.9 Å². The predicted octanol–water partition coefficient (Wildman–Crippen LogP) is 1.84. The minimum atomic E-state index is -4.10. The Morgan fingerprint density at radius 2 is 1.83 bits per heavy atom. The maximum absolute atomic E-state index is 12.2. The molecule has 1 aromatic rings. The number of morpholine rings is 1. The number of hydrogen-bond donors (Lipinski definition) is 2. The van der Waals surface area contributed by atoms with Crippen LogP contribution in [0.2, 0.25) is 0 Å². The molecule has 168 valence electrons. The zero-order valence-electron chi connectivity index (χ0n) is 17.0. The van der Waals surface area contributed by atoms with Gasteiger partial charge in [-0.3, -0.25) is 4.90 Å². The number of aromatic nitrogens is 3. The second-order valence-electron chi connectivity index (χ2n) is 6.77. The van der Waals surface area contributed by atoms with Crippen LogP contribution in [-0.4, -0.2) is 77.7 Å². The van der Waals surface area contributed by atoms with Crippen LogP contribution in [0.25, 0.3) is 0 Å². The number of rotatable bonds is 9. The summed E-state index contributed by atoms with van der Waals surface area (Å²) in [6.07, 6.45) is -4.34. The number of aliphatic imine (C=N–C) groups is 1. The van der Waals surface area contributed by atoms with Crippen molar-refractivity contribution in [1.82, 2.24) is 30.3 Å². The van der Waals surface area contributed by atoms with Crippen molar-refractivity contribution in [3.8, 4) is 0 Å². The van der Waals surface area contributed by atoms with Crippen LogP contribution in [-0.2, 0) is 18.3 Å². The molecule has 1 saturated heterocycles. The van der Waals surface area contributed by atoms with Crippen LogP contribution in [0.1, 0.15) is 30.9 Å². The monoisotopic (exact) mass is 533 g/mol. The Labute approximate surface area is 186 Å². The van der Waals surface area contributed by atoms with Crippen molar-refractivity contribution in [3.63, 3.8) is 0 Å². The van der Waals surface area contributed by atoms with Crippen LogP contribution in [0, 0.1) is 6.92 Å². The van der Waals surface area contributed by atoms with Gasteiger partial charge in [0.15, 0.2) is 11.8 Å². The first kappa shape index (κ1) is 25.9. The van der Waals surface area contributed by atoms with Gasteiger partial charge in [-0.15, -0.1) is 34.2 Å². The molecule has 2 heterocycles. The fourth-order valence-corrected chi connectivity index (χ4v) is 2.73. The van der Waals surface area contributed by atoms with E-state index in [0.29, 0.717) is 32.0 Å². The van der Waals surface area contributed by atoms with Gasteiger partial charge in [0.25, 0.3) is 0 Å². The van der Waals surface area contributed by atoms with Crippen LogP contribution < -0.4 is 10.6 Å². The zero-order chi connectivity index (χ0) is 20.4. The van der Waals surface area contributed by atoms with E-state index in [4.69, 9.17) is 4.74 Å². The highest BCUT2D eigenvalue weighted by Crippen LogP contribution is 2.21. The average Bonchev–Trinajstić information content (AvgIpc) is 2.97. The Morgan fingerprint density at radius 3 is 2.45 bits per heavy atom. The highest BCUT2D eigenvalue weighted by molar-refractivity contribution is 14.0. The number of nitrogens with zero attached hydrogens (tertiary/aromatic N) is 5. The smallest absolute Gasteiger partial charge is 0.379 e. The van der Waals surface area contributed by atoms with Crippen molar-refractivity contribution in [2.75, 3.05) is 45.9 Å². The number of aryl methyl sites for hydroxylation is 1. The molecule has 0 aromatic carbocycles. The molecule has 0 aliphatic carbocycles. The lowest BCUT2D eigenvalue weighted by Crippen LogP contribution is -2.44. The Hall–Kier alpha value is -1.15. The molecule has 12 heteroatoms. The third-order valence-electron chi connectivity index (χ3n) is 4.56. The van der Waals surface area contributed by atoms with E-state index in [1.54, 1.807) is 0 Å². The molecule has 0 atom stereocenters. The van der Waals surface area contributed by atoms with Crippen molar-refractivity contribution < 1.29 is 17.9 Å². The first-order valence-corrected chi connectivity index (χ1v) is 9.59. The number of guanidine groups is 1. The lowest BCUT2D eigenvalue weighted by molar-refractivity contribution is -0.135. The lowest BCUT2D eigenvalue weighted by Gasteiger charge is -2.26. The molecule has 0 amide bonds. The maximum atomic E-state index is 12.2. The van der Waals surface area contributed by atoms with Crippen molar-refractivity contribution in [1.29, 1.82) is 0 Å². The van der Waals surface area contributed by atoms with E-state index in [0.717, 1.165) is 44.5 Å². The SMILES string of the molecule is Cc1nnc(CN=C(NCCCCC(F)(F)F)NCCN2CCOCC2)n1C.I. The topological polar surface area (TPSA) is 79.6 Å². The van der Waals surface area contributed by atoms with Crippen molar-refractivity contribution >= 4 is 29.9 Å². The minimum Gasteiger partial charge on any atom is -0.379 e. The normalized spacial score (nSPS) is 15.8. The largest absolute Gasteiger partial charge is 0.389 e. The summed E-state index contributed by atoms with van der Waals surface area (Å²) in [5.74, 6) is 2.09. The summed E-state index contributed by atoms with van der Waals surface area (Å²) < 4.78 is 43.9. The summed E-state index contributed by atoms with van der Waals surface area (Å²) in [5, 5.41) is 14.4. The molecule has 1 aliphatic rings. The van der Waals surface area contributed by atoms with E-state index in [1.807, 2.05) is 18.5 Å². The molecule has 29 heavy (non-hydrogen) atoms. The van der Waals surface area contributed by atoms with Crippen LogP contribution >= 0.6 is 24.0 Å². The third kappa shape index (κ3) is 10.4. The molecule has 1 aromatic heterocycles. The number of nitrogens with one attached hydrogen (secondary N) is 2. The number of hydrogen-bond acceptors (Lipinski definition) is 5. The first-order valence-electron chi connectivity index (χ1n) is 9.59. The van der Waals surface area contributed by atoms with Crippen LogP contribution in [0.3, 0.4) is 0 Å². The van der Waals surface area contributed by atoms with Crippen LogP contribution in [0.4, 0.5) is 13.2 Å². The summed E-state index contributed by atoms with van der Waals surface area (Å²) in [5.41, 5.74) is 0. The van der Waals surface area contributed by atoms with E-state index in [1.165, 1.54) is 0 Å². The second kappa shape index (κ2) is 13.2. The second-order valence-corrected chi connectivity index (χ2v) is 6.77. The van der Waals surface area contributed by atoms with Gasteiger partial charge in [0, 0.05) is 46.2 Å². The van der Waals surface area contributed by atoms with Crippen LogP contribution in [0.15, 0.2) is 4.99 Å². The molecule has 2 rings (SSSR count). The van der Waals surface area contributed by atoms with Crippen molar-refractivity contribution in [2.45, 2.75) is 38.9 Å². The Kier molecular flexibility index (Phi) is 11.8. The summed E-state index contributed by atoms with van der Waals surface area (Å²) in [4.78, 5) is 6.80. The minimum absolute atomic E-state index is 0. The highest BCUT2D eigenvalue weighted by Gasteiger charge is 2.25.